The molecule has 1 saturated carbocycles. The van der Waals surface area contributed by atoms with Crippen LogP contribution in [0.2, 0.25) is 0 Å². The Morgan fingerprint density at radius 1 is 1.11 bits per heavy atom. The van der Waals surface area contributed by atoms with Gasteiger partial charge in [0.15, 0.2) is 0 Å². The number of anilines is 1. The summed E-state index contributed by atoms with van der Waals surface area (Å²) in [6.07, 6.45) is 3.41. The minimum atomic E-state index is -0.703. The number of carboxylic acid groups (broad SMARTS) is 1. The average molecular weight is 378 g/mol. The number of carbonyl (C=O) groups is 2. The van der Waals surface area contributed by atoms with Crippen molar-refractivity contribution in [2.24, 2.45) is 11.3 Å². The molecule has 1 heterocycles. The van der Waals surface area contributed by atoms with E-state index in [1.165, 1.54) is 5.56 Å². The smallest absolute Gasteiger partial charge is 0.311 e. The van der Waals surface area contributed by atoms with Gasteiger partial charge in [0, 0.05) is 18.8 Å². The monoisotopic (exact) mass is 378 g/mol. The number of carboxylic acids is 1. The van der Waals surface area contributed by atoms with Crippen molar-refractivity contribution >= 4 is 17.6 Å². The fourth-order valence-corrected chi connectivity index (χ4v) is 4.87. The molecule has 146 valence electrons. The van der Waals surface area contributed by atoms with E-state index < -0.39 is 11.4 Å². The molecule has 0 radical (unpaired) electrons. The first-order valence-corrected chi connectivity index (χ1v) is 9.94. The second-order valence-electron chi connectivity index (χ2n) is 8.09. The number of nitrogens with one attached hydrogen (secondary N) is 1. The van der Waals surface area contributed by atoms with Crippen LogP contribution in [-0.2, 0) is 16.0 Å². The molecule has 0 spiro atoms. The van der Waals surface area contributed by atoms with Crippen molar-refractivity contribution < 1.29 is 14.7 Å². The predicted octanol–water partition coefficient (Wildman–Crippen LogP) is 3.40. The van der Waals surface area contributed by atoms with Crippen LogP contribution in [0.25, 0.3) is 0 Å². The van der Waals surface area contributed by atoms with Crippen molar-refractivity contribution in [1.29, 1.82) is 0 Å². The highest BCUT2D eigenvalue weighted by atomic mass is 16.4. The lowest BCUT2D eigenvalue weighted by Gasteiger charge is -2.23. The van der Waals surface area contributed by atoms with Crippen LogP contribution in [0.15, 0.2) is 54.6 Å². The Morgan fingerprint density at radius 2 is 1.86 bits per heavy atom. The lowest BCUT2D eigenvalue weighted by Crippen LogP contribution is -2.37. The van der Waals surface area contributed by atoms with E-state index in [2.05, 4.69) is 17.4 Å². The van der Waals surface area contributed by atoms with Gasteiger partial charge in [-0.1, -0.05) is 55.0 Å². The largest absolute Gasteiger partial charge is 0.481 e. The van der Waals surface area contributed by atoms with Crippen LogP contribution < -0.4 is 5.32 Å². The van der Waals surface area contributed by atoms with Crippen LogP contribution in [0, 0.1) is 11.3 Å². The van der Waals surface area contributed by atoms with Crippen molar-refractivity contribution in [2.45, 2.75) is 25.7 Å². The molecule has 0 bridgehead atoms. The number of amides is 1. The van der Waals surface area contributed by atoms with Gasteiger partial charge in [-0.3, -0.25) is 14.5 Å². The molecule has 2 N–H and O–H groups in total. The molecule has 1 amide bonds. The highest BCUT2D eigenvalue weighted by molar-refractivity contribution is 5.93. The Kier molecular flexibility index (Phi) is 5.18. The first-order valence-electron chi connectivity index (χ1n) is 9.94. The molecule has 2 aromatic rings. The van der Waals surface area contributed by atoms with Crippen molar-refractivity contribution in [3.05, 3.63) is 65.7 Å². The summed E-state index contributed by atoms with van der Waals surface area (Å²) in [5, 5.41) is 12.7. The molecule has 1 aliphatic carbocycles. The molecule has 1 aliphatic heterocycles. The minimum Gasteiger partial charge on any atom is -0.481 e. The van der Waals surface area contributed by atoms with Crippen molar-refractivity contribution in [3.8, 4) is 0 Å². The van der Waals surface area contributed by atoms with Crippen molar-refractivity contribution in [2.75, 3.05) is 25.0 Å². The van der Waals surface area contributed by atoms with Gasteiger partial charge in [-0.2, -0.15) is 0 Å². The molecule has 0 unspecified atom stereocenters. The van der Waals surface area contributed by atoms with Gasteiger partial charge in [-0.15, -0.1) is 0 Å². The molecule has 2 aliphatic rings. The van der Waals surface area contributed by atoms with Crippen LogP contribution in [-0.4, -0.2) is 41.5 Å². The SMILES string of the molecule is O=C(CN1C[C@@H]2CCC[C@@]2(C(=O)O)C1)Nc1ccccc1Cc1ccccc1. The summed E-state index contributed by atoms with van der Waals surface area (Å²) in [4.78, 5) is 26.5. The molecule has 4 rings (SSSR count). The van der Waals surface area contributed by atoms with Crippen LogP contribution in [0.3, 0.4) is 0 Å². The van der Waals surface area contributed by atoms with E-state index in [1.54, 1.807) is 0 Å². The molecule has 2 aromatic carbocycles. The Labute approximate surface area is 165 Å². The molecule has 0 aromatic heterocycles. The molecule has 5 heteroatoms. The first-order chi connectivity index (χ1) is 13.6. The fourth-order valence-electron chi connectivity index (χ4n) is 4.87. The summed E-state index contributed by atoms with van der Waals surface area (Å²) in [6, 6.07) is 18.0. The molecule has 28 heavy (non-hydrogen) atoms. The summed E-state index contributed by atoms with van der Waals surface area (Å²) >= 11 is 0. The summed E-state index contributed by atoms with van der Waals surface area (Å²) in [5.41, 5.74) is 2.44. The van der Waals surface area contributed by atoms with Gasteiger partial charge in [-0.05, 0) is 42.4 Å². The summed E-state index contributed by atoms with van der Waals surface area (Å²) in [6.45, 7) is 1.42. The number of likely N-dealkylation sites (tertiary alicyclic amines) is 1. The minimum absolute atomic E-state index is 0.0824. The zero-order valence-corrected chi connectivity index (χ0v) is 15.9. The first kappa shape index (κ1) is 18.7. The van der Waals surface area contributed by atoms with Gasteiger partial charge >= 0.3 is 5.97 Å². The number of benzene rings is 2. The lowest BCUT2D eigenvalue weighted by atomic mass is 9.81. The number of hydrogen-bond donors (Lipinski definition) is 2. The van der Waals surface area contributed by atoms with E-state index in [1.807, 2.05) is 47.4 Å². The topological polar surface area (TPSA) is 69.6 Å². The average Bonchev–Trinajstić information content (AvgIpc) is 3.22. The maximum absolute atomic E-state index is 12.7. The van der Waals surface area contributed by atoms with Gasteiger partial charge in [0.25, 0.3) is 0 Å². The van der Waals surface area contributed by atoms with E-state index in [9.17, 15) is 14.7 Å². The highest BCUT2D eigenvalue weighted by Crippen LogP contribution is 2.48. The molecular weight excluding hydrogens is 352 g/mol. The fraction of sp³-hybridized carbons (Fsp3) is 0.391. The number of hydrogen-bond acceptors (Lipinski definition) is 3. The number of rotatable bonds is 6. The third-order valence-electron chi connectivity index (χ3n) is 6.26. The molecular formula is C23H26N2O3. The van der Waals surface area contributed by atoms with E-state index in [4.69, 9.17) is 0 Å². The number of aliphatic carboxylic acids is 1. The molecule has 2 fully saturated rings. The predicted molar refractivity (Wildman–Crippen MR) is 108 cm³/mol. The summed E-state index contributed by atoms with van der Waals surface area (Å²) in [5.74, 6) is -0.615. The lowest BCUT2D eigenvalue weighted by molar-refractivity contribution is -0.149. The van der Waals surface area contributed by atoms with Gasteiger partial charge in [-0.25, -0.2) is 0 Å². The third kappa shape index (κ3) is 3.67. The summed E-state index contributed by atoms with van der Waals surface area (Å²) < 4.78 is 0. The van der Waals surface area contributed by atoms with Crippen LogP contribution in [0.5, 0.6) is 0 Å². The van der Waals surface area contributed by atoms with Gasteiger partial charge in [0.05, 0.1) is 12.0 Å². The maximum atomic E-state index is 12.7. The second-order valence-corrected chi connectivity index (χ2v) is 8.09. The van der Waals surface area contributed by atoms with Crippen LogP contribution in [0.1, 0.15) is 30.4 Å². The highest BCUT2D eigenvalue weighted by Gasteiger charge is 2.54. The number of nitrogens with zero attached hydrogens (tertiary/aromatic N) is 1. The quantitative estimate of drug-likeness (QED) is 0.808. The van der Waals surface area contributed by atoms with Gasteiger partial charge in [0.2, 0.25) is 5.91 Å². The Balaban J connectivity index is 1.40. The standard InChI is InChI=1S/C23H26N2O3/c26-21(15-25-14-19-10-6-12-23(19,16-25)22(27)28)24-20-11-5-4-9-18(20)13-17-7-2-1-3-8-17/h1-5,7-9,11,19H,6,10,12-16H2,(H,24,26)(H,27,28)/t19-,23+/m0/s1. The molecule has 5 nitrogen and oxygen atoms in total. The van der Waals surface area contributed by atoms with E-state index >= 15 is 0 Å². The second kappa shape index (κ2) is 7.76. The van der Waals surface area contributed by atoms with Crippen LogP contribution >= 0.6 is 0 Å². The molecule has 2 atom stereocenters. The van der Waals surface area contributed by atoms with E-state index in [0.717, 1.165) is 36.9 Å². The van der Waals surface area contributed by atoms with E-state index in [-0.39, 0.29) is 18.4 Å². The number of para-hydroxylation sites is 1. The molecule has 1 saturated heterocycles. The van der Waals surface area contributed by atoms with Gasteiger partial charge in [0.1, 0.15) is 0 Å². The zero-order valence-electron chi connectivity index (χ0n) is 15.9. The van der Waals surface area contributed by atoms with Gasteiger partial charge < -0.3 is 10.4 Å². The van der Waals surface area contributed by atoms with Crippen molar-refractivity contribution in [3.63, 3.8) is 0 Å². The van der Waals surface area contributed by atoms with E-state index in [0.29, 0.717) is 13.1 Å². The Bertz CT molecular complexity index is 867. The maximum Gasteiger partial charge on any atom is 0.311 e. The third-order valence-corrected chi connectivity index (χ3v) is 6.26. The number of carbonyl (C=O) groups excluding carboxylic acids is 1. The Hall–Kier alpha value is -2.66. The normalized spacial score (nSPS) is 24.1. The van der Waals surface area contributed by atoms with Crippen molar-refractivity contribution in [1.82, 2.24) is 4.90 Å². The summed E-state index contributed by atoms with van der Waals surface area (Å²) in [7, 11) is 0. The number of fused-ring (bicyclic) bond motifs is 1. The van der Waals surface area contributed by atoms with Crippen LogP contribution in [0.4, 0.5) is 5.69 Å². The Morgan fingerprint density at radius 3 is 2.61 bits per heavy atom. The zero-order chi connectivity index (χ0) is 19.6.